The second-order valence-corrected chi connectivity index (χ2v) is 8.89. The van der Waals surface area contributed by atoms with Crippen molar-refractivity contribution in [1.29, 1.82) is 0 Å². The molecule has 1 fully saturated rings. The van der Waals surface area contributed by atoms with Gasteiger partial charge in [-0.05, 0) is 6.42 Å². The van der Waals surface area contributed by atoms with E-state index in [-0.39, 0.29) is 5.73 Å². The van der Waals surface area contributed by atoms with Crippen LogP contribution < -0.4 is 0 Å². The molecule has 0 saturated carbocycles. The first-order valence-electron chi connectivity index (χ1n) is 3.81. The maximum absolute atomic E-state index is 9.50. The lowest BCUT2D eigenvalue weighted by molar-refractivity contribution is 0.220. The smallest absolute Gasteiger partial charge is 0.0812 e. The van der Waals surface area contributed by atoms with Crippen molar-refractivity contribution in [2.45, 2.75) is 44.1 Å². The molecule has 0 aromatic rings. The first kappa shape index (κ1) is 7.29. The Bertz CT molecular complexity index is 101. The van der Waals surface area contributed by atoms with Crippen molar-refractivity contribution in [3.05, 3.63) is 0 Å². The Morgan fingerprint density at radius 1 is 1.33 bits per heavy atom. The second kappa shape index (κ2) is 2.43. The van der Waals surface area contributed by atoms with Crippen LogP contribution in [-0.4, -0.2) is 18.9 Å². The molecule has 1 heterocycles. The molecule has 0 bridgehead atoms. The Balaban J connectivity index is 2.49. The van der Waals surface area contributed by atoms with Crippen molar-refractivity contribution in [2.75, 3.05) is 0 Å². The Hall–Kier alpha value is 0.177. The van der Waals surface area contributed by atoms with Gasteiger partial charge in [-0.3, -0.25) is 0 Å². The molecule has 1 atom stereocenters. The lowest BCUT2D eigenvalue weighted by atomic mass is 10.2. The third-order valence-electron chi connectivity index (χ3n) is 2.45. The predicted octanol–water partition coefficient (Wildman–Crippen LogP) is 1.78. The van der Waals surface area contributed by atoms with E-state index in [1.54, 1.807) is 0 Å². The van der Waals surface area contributed by atoms with Gasteiger partial charge in [0.1, 0.15) is 0 Å². The maximum Gasteiger partial charge on any atom is 0.0812 e. The number of aliphatic hydroxyl groups is 1. The molecule has 1 aliphatic heterocycles. The monoisotopic (exact) mass is 144 g/mol. The van der Waals surface area contributed by atoms with Gasteiger partial charge in [-0.2, -0.15) is 0 Å². The Morgan fingerprint density at radius 2 is 2.00 bits per heavy atom. The summed E-state index contributed by atoms with van der Waals surface area (Å²) in [4.78, 5) is 0. The van der Waals surface area contributed by atoms with E-state index >= 15 is 0 Å². The molecule has 0 amide bonds. The van der Waals surface area contributed by atoms with Crippen molar-refractivity contribution >= 4 is 8.07 Å². The first-order valence-corrected chi connectivity index (χ1v) is 7.09. The average Bonchev–Trinajstić information content (AvgIpc) is 1.77. The summed E-state index contributed by atoms with van der Waals surface area (Å²) in [6.07, 6.45) is 3.67. The highest BCUT2D eigenvalue weighted by molar-refractivity contribution is 6.78. The van der Waals surface area contributed by atoms with Crippen molar-refractivity contribution in [3.63, 3.8) is 0 Å². The minimum Gasteiger partial charge on any atom is -0.397 e. The van der Waals surface area contributed by atoms with Crippen LogP contribution in [0.5, 0.6) is 0 Å². The van der Waals surface area contributed by atoms with Gasteiger partial charge in [-0.1, -0.05) is 32.0 Å². The van der Waals surface area contributed by atoms with Crippen LogP contribution in [-0.2, 0) is 0 Å². The summed E-state index contributed by atoms with van der Waals surface area (Å²) < 4.78 is 0. The minimum absolute atomic E-state index is 0.0891. The second-order valence-electron chi connectivity index (χ2n) is 3.75. The summed E-state index contributed by atoms with van der Waals surface area (Å²) in [6.45, 7) is 4.58. The SMILES string of the molecule is C[Si]1(C)CCCC[C@@H]1O. The van der Waals surface area contributed by atoms with Gasteiger partial charge in [0.05, 0.1) is 8.07 Å². The van der Waals surface area contributed by atoms with E-state index in [0.717, 1.165) is 6.42 Å². The van der Waals surface area contributed by atoms with E-state index in [2.05, 4.69) is 13.1 Å². The van der Waals surface area contributed by atoms with Crippen LogP contribution >= 0.6 is 0 Å². The van der Waals surface area contributed by atoms with Crippen LogP contribution in [0.2, 0.25) is 19.1 Å². The first-order chi connectivity index (χ1) is 4.13. The van der Waals surface area contributed by atoms with Crippen molar-refractivity contribution in [3.8, 4) is 0 Å². The van der Waals surface area contributed by atoms with E-state index in [0.29, 0.717) is 0 Å². The van der Waals surface area contributed by atoms with Crippen LogP contribution in [0, 0.1) is 0 Å². The molecule has 9 heavy (non-hydrogen) atoms. The molecule has 1 rings (SSSR count). The molecule has 54 valence electrons. The van der Waals surface area contributed by atoms with E-state index < -0.39 is 8.07 Å². The standard InChI is InChI=1S/C7H16OSi/c1-9(2)6-4-3-5-7(9)8/h7-8H,3-6H2,1-2H3/t7-/m1/s1. The van der Waals surface area contributed by atoms with Gasteiger partial charge in [-0.25, -0.2) is 0 Å². The van der Waals surface area contributed by atoms with Gasteiger partial charge in [0, 0.05) is 5.73 Å². The number of rotatable bonds is 0. The molecular formula is C7H16OSi. The van der Waals surface area contributed by atoms with Gasteiger partial charge >= 0.3 is 0 Å². The van der Waals surface area contributed by atoms with Gasteiger partial charge in [0.15, 0.2) is 0 Å². The van der Waals surface area contributed by atoms with Crippen LogP contribution in [0.3, 0.4) is 0 Å². The lowest BCUT2D eigenvalue weighted by Gasteiger charge is -2.32. The minimum atomic E-state index is -1.14. The molecule has 0 aliphatic carbocycles. The molecule has 2 heteroatoms. The highest BCUT2D eigenvalue weighted by atomic mass is 28.3. The molecule has 0 unspecified atom stereocenters. The normalized spacial score (nSPS) is 34.3. The third kappa shape index (κ3) is 1.55. The molecule has 0 spiro atoms. The van der Waals surface area contributed by atoms with Crippen molar-refractivity contribution in [2.24, 2.45) is 0 Å². The van der Waals surface area contributed by atoms with Crippen molar-refractivity contribution < 1.29 is 5.11 Å². The molecule has 1 aliphatic rings. The molecule has 1 N–H and O–H groups in total. The maximum atomic E-state index is 9.50. The Kier molecular flexibility index (Phi) is 1.96. The van der Waals surface area contributed by atoms with E-state index in [1.807, 2.05) is 0 Å². The lowest BCUT2D eigenvalue weighted by Crippen LogP contribution is -2.43. The zero-order valence-electron chi connectivity index (χ0n) is 6.35. The Labute approximate surface area is 58.1 Å². The van der Waals surface area contributed by atoms with E-state index in [1.165, 1.54) is 18.9 Å². The van der Waals surface area contributed by atoms with Gasteiger partial charge in [0.25, 0.3) is 0 Å². The van der Waals surface area contributed by atoms with Crippen molar-refractivity contribution in [1.82, 2.24) is 0 Å². The summed E-state index contributed by atoms with van der Waals surface area (Å²) in [5.41, 5.74) is 0.0891. The predicted molar refractivity (Wildman–Crippen MR) is 42.1 cm³/mol. The number of hydrogen-bond acceptors (Lipinski definition) is 1. The third-order valence-corrected chi connectivity index (χ3v) is 6.19. The van der Waals surface area contributed by atoms with Crippen LogP contribution in [0.1, 0.15) is 19.3 Å². The molecular weight excluding hydrogens is 128 g/mol. The summed E-state index contributed by atoms with van der Waals surface area (Å²) >= 11 is 0. The fourth-order valence-electron chi connectivity index (χ4n) is 1.48. The summed E-state index contributed by atoms with van der Waals surface area (Å²) in [5, 5.41) is 9.50. The van der Waals surface area contributed by atoms with Crippen LogP contribution in [0.4, 0.5) is 0 Å². The average molecular weight is 144 g/mol. The van der Waals surface area contributed by atoms with Gasteiger partial charge < -0.3 is 5.11 Å². The van der Waals surface area contributed by atoms with Gasteiger partial charge in [0.2, 0.25) is 0 Å². The molecule has 0 radical (unpaired) electrons. The fraction of sp³-hybridized carbons (Fsp3) is 1.00. The fourth-order valence-corrected chi connectivity index (χ4v) is 3.96. The summed E-state index contributed by atoms with van der Waals surface area (Å²) in [7, 11) is -1.14. The molecule has 0 aromatic carbocycles. The topological polar surface area (TPSA) is 20.2 Å². The molecule has 1 nitrogen and oxygen atoms in total. The van der Waals surface area contributed by atoms with Crippen LogP contribution in [0.25, 0.3) is 0 Å². The number of hydrogen-bond donors (Lipinski definition) is 1. The molecule has 0 aromatic heterocycles. The van der Waals surface area contributed by atoms with E-state index in [4.69, 9.17) is 0 Å². The van der Waals surface area contributed by atoms with Crippen LogP contribution in [0.15, 0.2) is 0 Å². The largest absolute Gasteiger partial charge is 0.397 e. The molecule has 1 saturated heterocycles. The summed E-state index contributed by atoms with van der Waals surface area (Å²) in [6, 6.07) is 1.33. The highest BCUT2D eigenvalue weighted by Crippen LogP contribution is 2.26. The highest BCUT2D eigenvalue weighted by Gasteiger charge is 2.32. The van der Waals surface area contributed by atoms with Gasteiger partial charge in [-0.15, -0.1) is 0 Å². The number of aliphatic hydroxyl groups excluding tert-OH is 1. The quantitative estimate of drug-likeness (QED) is 0.514. The van der Waals surface area contributed by atoms with E-state index in [9.17, 15) is 5.11 Å². The zero-order valence-corrected chi connectivity index (χ0v) is 7.35. The summed E-state index contributed by atoms with van der Waals surface area (Å²) in [5.74, 6) is 0. The Morgan fingerprint density at radius 3 is 2.33 bits per heavy atom. The zero-order chi connectivity index (χ0) is 6.91.